The summed E-state index contributed by atoms with van der Waals surface area (Å²) in [7, 11) is 0. The topological polar surface area (TPSA) is 55.7 Å². The highest BCUT2D eigenvalue weighted by Crippen LogP contribution is 2.51. The van der Waals surface area contributed by atoms with E-state index in [-0.39, 0.29) is 11.7 Å². The van der Waals surface area contributed by atoms with Crippen LogP contribution in [-0.4, -0.2) is 17.5 Å². The third-order valence-electron chi connectivity index (χ3n) is 6.40. The van der Waals surface area contributed by atoms with Crippen molar-refractivity contribution in [2.45, 2.75) is 46.0 Å². The molecule has 0 saturated carbocycles. The van der Waals surface area contributed by atoms with Gasteiger partial charge in [-0.3, -0.25) is 4.79 Å². The fourth-order valence-corrected chi connectivity index (χ4v) is 4.83. The van der Waals surface area contributed by atoms with Gasteiger partial charge in [0.25, 0.3) is 0 Å². The first-order valence-electron chi connectivity index (χ1n) is 10.8. The lowest BCUT2D eigenvalue weighted by atomic mass is 9.80. The summed E-state index contributed by atoms with van der Waals surface area (Å²) in [5.41, 5.74) is 6.58. The molecule has 0 aliphatic heterocycles. The van der Waals surface area contributed by atoms with E-state index >= 15 is 0 Å². The van der Waals surface area contributed by atoms with Gasteiger partial charge in [-0.05, 0) is 60.4 Å². The average molecular weight is 414 g/mol. The summed E-state index contributed by atoms with van der Waals surface area (Å²) in [6.07, 6.45) is 7.54. The van der Waals surface area contributed by atoms with Gasteiger partial charge < -0.3 is 4.84 Å². The van der Waals surface area contributed by atoms with Crippen molar-refractivity contribution in [3.63, 3.8) is 0 Å². The van der Waals surface area contributed by atoms with Crippen molar-refractivity contribution in [3.8, 4) is 0 Å². The molecule has 4 nitrogen and oxygen atoms in total. The zero-order valence-electron chi connectivity index (χ0n) is 18.4. The summed E-state index contributed by atoms with van der Waals surface area (Å²) in [5.74, 6) is 0.568. The maximum absolute atomic E-state index is 13.2. The molecule has 2 aliphatic carbocycles. The van der Waals surface area contributed by atoms with E-state index in [0.29, 0.717) is 17.5 Å². The van der Waals surface area contributed by atoms with E-state index in [1.165, 1.54) is 18.1 Å². The predicted octanol–water partition coefficient (Wildman–Crippen LogP) is 5.87. The smallest absolute Gasteiger partial charge is 0.318 e. The standard InChI is InChI=1S/C27H27NO3/c1-5-21-23-12-10-19(17(3)28-31-18(4)29)14-25(23)26-15-20(11-13-24(21)26)27(30)22-9-7-6-8-16(22)2/h6-15,21,23,25H,5H2,1-4H3/b28-17+. The van der Waals surface area contributed by atoms with E-state index in [1.54, 1.807) is 0 Å². The molecule has 3 atom stereocenters. The Morgan fingerprint density at radius 1 is 1.06 bits per heavy atom. The fraction of sp³-hybridized carbons (Fsp3) is 0.296. The van der Waals surface area contributed by atoms with Gasteiger partial charge in [-0.15, -0.1) is 0 Å². The predicted molar refractivity (Wildman–Crippen MR) is 122 cm³/mol. The highest BCUT2D eigenvalue weighted by Gasteiger charge is 2.39. The molecule has 3 unspecified atom stereocenters. The van der Waals surface area contributed by atoms with Gasteiger partial charge in [0.05, 0.1) is 5.71 Å². The number of rotatable bonds is 5. The summed E-state index contributed by atoms with van der Waals surface area (Å²) < 4.78 is 0. The van der Waals surface area contributed by atoms with Crippen LogP contribution in [0.25, 0.3) is 0 Å². The zero-order chi connectivity index (χ0) is 22.1. The third-order valence-corrected chi connectivity index (χ3v) is 6.40. The molecule has 2 aromatic carbocycles. The molecule has 0 spiro atoms. The molecule has 0 saturated heterocycles. The molecule has 31 heavy (non-hydrogen) atoms. The van der Waals surface area contributed by atoms with Crippen LogP contribution in [0.2, 0.25) is 0 Å². The Bertz CT molecular complexity index is 1140. The Morgan fingerprint density at radius 3 is 2.55 bits per heavy atom. The highest BCUT2D eigenvalue weighted by molar-refractivity contribution is 6.10. The fourth-order valence-electron chi connectivity index (χ4n) is 4.83. The van der Waals surface area contributed by atoms with E-state index < -0.39 is 5.97 Å². The van der Waals surface area contributed by atoms with Gasteiger partial charge >= 0.3 is 5.97 Å². The molecule has 0 N–H and O–H groups in total. The Morgan fingerprint density at radius 2 is 1.84 bits per heavy atom. The highest BCUT2D eigenvalue weighted by atomic mass is 16.7. The molecule has 0 aromatic heterocycles. The third kappa shape index (κ3) is 3.90. The number of oxime groups is 1. The number of carbonyl (C=O) groups excluding carboxylic acids is 2. The number of fused-ring (bicyclic) bond motifs is 3. The van der Waals surface area contributed by atoms with Crippen LogP contribution in [0, 0.1) is 12.8 Å². The molecular formula is C27H27NO3. The van der Waals surface area contributed by atoms with E-state index in [0.717, 1.165) is 28.7 Å². The minimum absolute atomic E-state index is 0.0561. The largest absolute Gasteiger partial charge is 0.331 e. The Balaban J connectivity index is 1.73. The van der Waals surface area contributed by atoms with Crippen LogP contribution in [0.3, 0.4) is 0 Å². The number of nitrogens with zero attached hydrogens (tertiary/aromatic N) is 1. The number of ketones is 1. The lowest BCUT2D eigenvalue weighted by molar-refractivity contribution is -0.140. The van der Waals surface area contributed by atoms with Crippen LogP contribution in [0.1, 0.15) is 71.6 Å². The summed E-state index contributed by atoms with van der Waals surface area (Å²) in [6, 6.07) is 13.9. The summed E-state index contributed by atoms with van der Waals surface area (Å²) >= 11 is 0. The molecular weight excluding hydrogens is 386 g/mol. The van der Waals surface area contributed by atoms with E-state index in [4.69, 9.17) is 4.84 Å². The maximum atomic E-state index is 13.2. The van der Waals surface area contributed by atoms with Gasteiger partial charge in [0.15, 0.2) is 5.78 Å². The van der Waals surface area contributed by atoms with Crippen molar-refractivity contribution < 1.29 is 14.4 Å². The lowest BCUT2D eigenvalue weighted by Crippen LogP contribution is -2.13. The molecule has 0 heterocycles. The second-order valence-corrected chi connectivity index (χ2v) is 8.35. The number of allylic oxidation sites excluding steroid dienone is 4. The van der Waals surface area contributed by atoms with E-state index in [2.05, 4.69) is 42.4 Å². The van der Waals surface area contributed by atoms with Gasteiger partial charge in [0.1, 0.15) is 0 Å². The molecule has 4 heteroatoms. The van der Waals surface area contributed by atoms with Crippen LogP contribution in [0.4, 0.5) is 0 Å². The number of hydrogen-bond donors (Lipinski definition) is 0. The number of aryl methyl sites for hydroxylation is 1. The minimum atomic E-state index is -0.436. The zero-order valence-corrected chi connectivity index (χ0v) is 18.4. The summed E-state index contributed by atoms with van der Waals surface area (Å²) in [5, 5.41) is 3.95. The van der Waals surface area contributed by atoms with Gasteiger partial charge in [-0.25, -0.2) is 4.79 Å². The van der Waals surface area contributed by atoms with Crippen LogP contribution >= 0.6 is 0 Å². The monoisotopic (exact) mass is 413 g/mol. The van der Waals surface area contributed by atoms with Crippen molar-refractivity contribution >= 4 is 17.5 Å². The van der Waals surface area contributed by atoms with Crippen molar-refractivity contribution in [1.82, 2.24) is 0 Å². The molecule has 0 amide bonds. The van der Waals surface area contributed by atoms with Crippen LogP contribution in [-0.2, 0) is 9.63 Å². The van der Waals surface area contributed by atoms with Gasteiger partial charge in [0.2, 0.25) is 0 Å². The van der Waals surface area contributed by atoms with Crippen LogP contribution in [0.5, 0.6) is 0 Å². The average Bonchev–Trinajstić information content (AvgIpc) is 3.09. The first-order chi connectivity index (χ1) is 14.9. The summed E-state index contributed by atoms with van der Waals surface area (Å²) in [4.78, 5) is 29.1. The number of carbonyl (C=O) groups is 2. The quantitative estimate of drug-likeness (QED) is 0.267. The van der Waals surface area contributed by atoms with Gasteiger partial charge in [-0.2, -0.15) is 0 Å². The van der Waals surface area contributed by atoms with E-state index in [9.17, 15) is 9.59 Å². The molecule has 0 fully saturated rings. The molecule has 0 bridgehead atoms. The molecule has 4 rings (SSSR count). The Labute approximate surface area is 183 Å². The second kappa shape index (κ2) is 8.46. The Kier molecular flexibility index (Phi) is 5.73. The van der Waals surface area contributed by atoms with Crippen molar-refractivity contribution in [2.75, 3.05) is 0 Å². The normalized spacial score (nSPS) is 21.9. The van der Waals surface area contributed by atoms with Gasteiger partial charge in [0, 0.05) is 24.0 Å². The second-order valence-electron chi connectivity index (χ2n) is 8.35. The van der Waals surface area contributed by atoms with Gasteiger partial charge in [-0.1, -0.05) is 66.7 Å². The number of benzene rings is 2. The minimum Gasteiger partial charge on any atom is -0.318 e. The molecule has 158 valence electrons. The van der Waals surface area contributed by atoms with Crippen molar-refractivity contribution in [2.24, 2.45) is 11.1 Å². The van der Waals surface area contributed by atoms with Crippen LogP contribution < -0.4 is 0 Å². The first kappa shape index (κ1) is 21.0. The van der Waals surface area contributed by atoms with Crippen molar-refractivity contribution in [1.29, 1.82) is 0 Å². The lowest BCUT2D eigenvalue weighted by Gasteiger charge is -2.23. The molecule has 2 aliphatic rings. The Hall–Kier alpha value is -3.27. The number of hydrogen-bond acceptors (Lipinski definition) is 4. The molecule has 0 radical (unpaired) electrons. The van der Waals surface area contributed by atoms with E-state index in [1.807, 2.05) is 44.2 Å². The SMILES string of the molecule is CCC1c2ccc(C(=O)c3ccccc3C)cc2C2C=C(/C(C)=N/OC(C)=O)C=CC21. The van der Waals surface area contributed by atoms with Crippen LogP contribution in [0.15, 0.2) is 71.4 Å². The van der Waals surface area contributed by atoms with Crippen molar-refractivity contribution in [3.05, 3.63) is 94.1 Å². The first-order valence-corrected chi connectivity index (χ1v) is 10.8. The summed E-state index contributed by atoms with van der Waals surface area (Å²) in [6.45, 7) is 7.36. The molecule has 2 aromatic rings. The maximum Gasteiger partial charge on any atom is 0.331 e.